The molecule has 6 nitrogen and oxygen atoms in total. The maximum absolute atomic E-state index is 12.4. The molecule has 0 heterocycles. The second-order valence-corrected chi connectivity index (χ2v) is 5.05. The standard InChI is InChI=1S/C16H19NO5/c1-21-10-7-8-14(22-2)13(9-10)17-15(18)11-5-3-4-6-12(11)16(19)20/h3-4,7-9,11-12H,5-6H2,1-2H3,(H,17,18)(H,19,20)/t11-,12-/m1/s1. The minimum absolute atomic E-state index is 0.330. The maximum atomic E-state index is 12.4. The summed E-state index contributed by atoms with van der Waals surface area (Å²) in [6, 6.07) is 5.05. The Balaban J connectivity index is 2.20. The summed E-state index contributed by atoms with van der Waals surface area (Å²) in [5.74, 6) is -1.52. The van der Waals surface area contributed by atoms with Crippen LogP contribution in [0.1, 0.15) is 12.8 Å². The molecule has 0 aliphatic heterocycles. The number of allylic oxidation sites excluding steroid dienone is 2. The van der Waals surface area contributed by atoms with Crippen LogP contribution in [0, 0.1) is 11.8 Å². The Kier molecular flexibility index (Phi) is 5.04. The number of carboxylic acids is 1. The zero-order valence-corrected chi connectivity index (χ0v) is 12.5. The van der Waals surface area contributed by atoms with Crippen molar-refractivity contribution in [1.29, 1.82) is 0 Å². The molecular formula is C16H19NO5. The highest BCUT2D eigenvalue weighted by Gasteiger charge is 2.34. The number of hydrogen-bond donors (Lipinski definition) is 2. The molecule has 1 aliphatic carbocycles. The van der Waals surface area contributed by atoms with E-state index in [1.807, 2.05) is 6.08 Å². The fourth-order valence-corrected chi connectivity index (χ4v) is 2.51. The van der Waals surface area contributed by atoms with E-state index in [9.17, 15) is 14.7 Å². The molecule has 0 spiro atoms. The van der Waals surface area contributed by atoms with Gasteiger partial charge in [0.05, 0.1) is 31.7 Å². The third kappa shape index (κ3) is 3.39. The number of carbonyl (C=O) groups excluding carboxylic acids is 1. The van der Waals surface area contributed by atoms with E-state index in [-0.39, 0.29) is 5.91 Å². The lowest BCUT2D eigenvalue weighted by Crippen LogP contribution is -2.34. The highest BCUT2D eigenvalue weighted by atomic mass is 16.5. The molecular weight excluding hydrogens is 286 g/mol. The summed E-state index contributed by atoms with van der Waals surface area (Å²) in [5.41, 5.74) is 0.463. The average molecular weight is 305 g/mol. The molecule has 0 bridgehead atoms. The quantitative estimate of drug-likeness (QED) is 0.815. The fourth-order valence-electron chi connectivity index (χ4n) is 2.51. The van der Waals surface area contributed by atoms with Crippen LogP contribution in [0.15, 0.2) is 30.4 Å². The number of nitrogens with one attached hydrogen (secondary N) is 1. The number of amides is 1. The Labute approximate surface area is 128 Å². The minimum atomic E-state index is -0.956. The molecule has 0 fully saturated rings. The van der Waals surface area contributed by atoms with Crippen molar-refractivity contribution in [2.75, 3.05) is 19.5 Å². The highest BCUT2D eigenvalue weighted by Crippen LogP contribution is 2.32. The molecule has 2 rings (SSSR count). The first-order valence-electron chi connectivity index (χ1n) is 6.97. The largest absolute Gasteiger partial charge is 0.497 e. The number of methoxy groups -OCH3 is 2. The molecule has 1 aromatic rings. The van der Waals surface area contributed by atoms with Gasteiger partial charge in [-0.05, 0) is 25.0 Å². The molecule has 118 valence electrons. The molecule has 0 aromatic heterocycles. The lowest BCUT2D eigenvalue weighted by molar-refractivity contribution is -0.146. The molecule has 1 aromatic carbocycles. The molecule has 0 unspecified atom stereocenters. The van der Waals surface area contributed by atoms with Gasteiger partial charge in [0.15, 0.2) is 0 Å². The minimum Gasteiger partial charge on any atom is -0.497 e. The number of anilines is 1. The number of ether oxygens (including phenoxy) is 2. The van der Waals surface area contributed by atoms with Crippen molar-refractivity contribution < 1.29 is 24.2 Å². The van der Waals surface area contributed by atoms with Crippen LogP contribution in [0.4, 0.5) is 5.69 Å². The second kappa shape index (κ2) is 6.98. The van der Waals surface area contributed by atoms with Crippen LogP contribution in [-0.4, -0.2) is 31.2 Å². The summed E-state index contributed by atoms with van der Waals surface area (Å²) < 4.78 is 10.3. The van der Waals surface area contributed by atoms with Gasteiger partial charge in [-0.2, -0.15) is 0 Å². The monoisotopic (exact) mass is 305 g/mol. The first-order chi connectivity index (χ1) is 10.6. The van der Waals surface area contributed by atoms with E-state index in [1.165, 1.54) is 14.2 Å². The Morgan fingerprint density at radius 1 is 1.14 bits per heavy atom. The van der Waals surface area contributed by atoms with Gasteiger partial charge in [-0.1, -0.05) is 12.2 Å². The first kappa shape index (κ1) is 15.9. The lowest BCUT2D eigenvalue weighted by atomic mass is 9.82. The molecule has 0 saturated carbocycles. The summed E-state index contributed by atoms with van der Waals surface area (Å²) in [6.45, 7) is 0. The van der Waals surface area contributed by atoms with Gasteiger partial charge in [-0.25, -0.2) is 0 Å². The van der Waals surface area contributed by atoms with Gasteiger partial charge < -0.3 is 19.9 Å². The Bertz CT molecular complexity index is 596. The Hall–Kier alpha value is -2.50. The summed E-state index contributed by atoms with van der Waals surface area (Å²) in [4.78, 5) is 23.7. The van der Waals surface area contributed by atoms with Gasteiger partial charge >= 0.3 is 5.97 Å². The lowest BCUT2D eigenvalue weighted by Gasteiger charge is -2.24. The molecule has 6 heteroatoms. The normalized spacial score (nSPS) is 20.3. The fraction of sp³-hybridized carbons (Fsp3) is 0.375. The summed E-state index contributed by atoms with van der Waals surface area (Å²) in [6.07, 6.45) is 4.42. The van der Waals surface area contributed by atoms with Crippen molar-refractivity contribution in [2.45, 2.75) is 12.8 Å². The van der Waals surface area contributed by atoms with Gasteiger partial charge in [0.25, 0.3) is 0 Å². The van der Waals surface area contributed by atoms with E-state index in [0.29, 0.717) is 30.0 Å². The Morgan fingerprint density at radius 2 is 1.82 bits per heavy atom. The van der Waals surface area contributed by atoms with Gasteiger partial charge in [0, 0.05) is 6.07 Å². The van der Waals surface area contributed by atoms with Crippen LogP contribution in [0.2, 0.25) is 0 Å². The van der Waals surface area contributed by atoms with Crippen molar-refractivity contribution in [1.82, 2.24) is 0 Å². The number of benzene rings is 1. The van der Waals surface area contributed by atoms with Crippen LogP contribution in [-0.2, 0) is 9.59 Å². The molecule has 0 saturated heterocycles. The van der Waals surface area contributed by atoms with Crippen LogP contribution in [0.25, 0.3) is 0 Å². The van der Waals surface area contributed by atoms with Crippen molar-refractivity contribution in [3.63, 3.8) is 0 Å². The zero-order chi connectivity index (χ0) is 16.1. The van der Waals surface area contributed by atoms with Gasteiger partial charge in [0.2, 0.25) is 5.91 Å². The topological polar surface area (TPSA) is 84.9 Å². The van der Waals surface area contributed by atoms with Crippen molar-refractivity contribution >= 4 is 17.6 Å². The van der Waals surface area contributed by atoms with E-state index >= 15 is 0 Å². The van der Waals surface area contributed by atoms with Gasteiger partial charge in [0.1, 0.15) is 11.5 Å². The smallest absolute Gasteiger partial charge is 0.307 e. The van der Waals surface area contributed by atoms with E-state index in [2.05, 4.69) is 5.32 Å². The van der Waals surface area contributed by atoms with E-state index in [4.69, 9.17) is 9.47 Å². The van der Waals surface area contributed by atoms with Crippen LogP contribution < -0.4 is 14.8 Å². The van der Waals surface area contributed by atoms with Gasteiger partial charge in [-0.3, -0.25) is 9.59 Å². The third-order valence-electron chi connectivity index (χ3n) is 3.75. The first-order valence-corrected chi connectivity index (χ1v) is 6.97. The van der Waals surface area contributed by atoms with Crippen molar-refractivity contribution in [3.05, 3.63) is 30.4 Å². The number of hydrogen-bond acceptors (Lipinski definition) is 4. The highest BCUT2D eigenvalue weighted by molar-refractivity contribution is 5.96. The summed E-state index contributed by atoms with van der Waals surface area (Å²) >= 11 is 0. The van der Waals surface area contributed by atoms with E-state index in [1.54, 1.807) is 24.3 Å². The predicted octanol–water partition coefficient (Wildman–Crippen LogP) is 2.31. The molecule has 22 heavy (non-hydrogen) atoms. The average Bonchev–Trinajstić information content (AvgIpc) is 2.54. The molecule has 2 atom stereocenters. The molecule has 0 radical (unpaired) electrons. The number of rotatable bonds is 5. The molecule has 1 amide bonds. The second-order valence-electron chi connectivity index (χ2n) is 5.05. The molecule has 1 aliphatic rings. The van der Waals surface area contributed by atoms with Crippen LogP contribution >= 0.6 is 0 Å². The predicted molar refractivity (Wildman–Crippen MR) is 81.2 cm³/mol. The molecule has 2 N–H and O–H groups in total. The Morgan fingerprint density at radius 3 is 2.41 bits per heavy atom. The third-order valence-corrected chi connectivity index (χ3v) is 3.75. The van der Waals surface area contributed by atoms with Crippen LogP contribution in [0.3, 0.4) is 0 Å². The number of carbonyl (C=O) groups is 2. The van der Waals surface area contributed by atoms with Crippen LogP contribution in [0.5, 0.6) is 11.5 Å². The number of carboxylic acid groups (broad SMARTS) is 1. The summed E-state index contributed by atoms with van der Waals surface area (Å²) in [7, 11) is 3.03. The van der Waals surface area contributed by atoms with E-state index < -0.39 is 17.8 Å². The zero-order valence-electron chi connectivity index (χ0n) is 12.5. The SMILES string of the molecule is COc1ccc(OC)c(NC(=O)[C@@H]2CC=CC[C@H]2C(=O)O)c1. The summed E-state index contributed by atoms with van der Waals surface area (Å²) in [5, 5.41) is 12.0. The van der Waals surface area contributed by atoms with Crippen molar-refractivity contribution in [2.24, 2.45) is 11.8 Å². The van der Waals surface area contributed by atoms with Gasteiger partial charge in [-0.15, -0.1) is 0 Å². The van der Waals surface area contributed by atoms with E-state index in [0.717, 1.165) is 0 Å². The number of aliphatic carboxylic acids is 1. The maximum Gasteiger partial charge on any atom is 0.307 e. The van der Waals surface area contributed by atoms with Crippen molar-refractivity contribution in [3.8, 4) is 11.5 Å².